The Balaban J connectivity index is 5.84. The van der Waals surface area contributed by atoms with Gasteiger partial charge in [-0.3, -0.25) is 38.6 Å². The number of nitrogens with two attached hydrogens (primary N) is 4. The van der Waals surface area contributed by atoms with Crippen LogP contribution in [-0.2, 0) is 38.4 Å². The number of carboxylic acids is 2. The molecule has 0 aromatic heterocycles. The molecule has 7 unspecified atom stereocenters. The molecule has 0 bridgehead atoms. The van der Waals surface area contributed by atoms with Crippen LogP contribution < -0.4 is 49.5 Å². The maximum atomic E-state index is 13.2. The summed E-state index contributed by atoms with van der Waals surface area (Å²) in [6.45, 7) is 4.76. The maximum absolute atomic E-state index is 13.2. The number of aliphatic imine (C=N–C) groups is 1. The second-order valence-electron chi connectivity index (χ2n) is 12.1. The molecule has 0 rings (SSSR count). The van der Waals surface area contributed by atoms with Crippen molar-refractivity contribution < 1.29 is 53.7 Å². The first-order valence-electron chi connectivity index (χ1n) is 16.0. The van der Waals surface area contributed by atoms with Crippen LogP contribution in [0.5, 0.6) is 0 Å². The number of aliphatic carboxylic acids is 2. The Morgan fingerprint density at radius 1 is 0.686 bits per heavy atom. The van der Waals surface area contributed by atoms with Crippen molar-refractivity contribution in [2.24, 2.45) is 33.8 Å². The molecule has 51 heavy (non-hydrogen) atoms. The average Bonchev–Trinajstić information content (AvgIpc) is 3.02. The molecule has 16 N–H and O–H groups in total. The van der Waals surface area contributed by atoms with Gasteiger partial charge >= 0.3 is 11.9 Å². The topological polar surface area (TPSA) is 374 Å². The lowest BCUT2D eigenvalue weighted by molar-refractivity contribution is -0.142. The van der Waals surface area contributed by atoms with E-state index in [1.807, 2.05) is 0 Å². The number of aliphatic hydroxyl groups excluding tert-OH is 1. The summed E-state index contributed by atoms with van der Waals surface area (Å²) in [6.07, 6.45) is -2.67. The largest absolute Gasteiger partial charge is 0.481 e. The first-order valence-corrected chi connectivity index (χ1v) is 16.7. The zero-order valence-corrected chi connectivity index (χ0v) is 29.7. The molecule has 0 aliphatic carbocycles. The third-order valence-electron chi connectivity index (χ3n) is 7.10. The third-order valence-corrected chi connectivity index (χ3v) is 7.46. The second-order valence-corrected chi connectivity index (χ2v) is 12.5. The highest BCUT2D eigenvalue weighted by molar-refractivity contribution is 7.80. The number of rotatable bonds is 25. The number of primary amides is 1. The van der Waals surface area contributed by atoms with Crippen molar-refractivity contribution in [1.29, 1.82) is 0 Å². The highest BCUT2D eigenvalue weighted by atomic mass is 32.1. The number of carbonyl (C=O) groups excluding carboxylic acids is 6. The van der Waals surface area contributed by atoms with Crippen molar-refractivity contribution in [3.8, 4) is 0 Å². The minimum atomic E-state index is -1.66. The first kappa shape index (κ1) is 46.3. The molecule has 0 spiro atoms. The maximum Gasteiger partial charge on any atom is 0.326 e. The van der Waals surface area contributed by atoms with Gasteiger partial charge in [-0.1, -0.05) is 13.8 Å². The minimum absolute atomic E-state index is 0.0762. The number of carboxylic acid groups (broad SMARTS) is 2. The van der Waals surface area contributed by atoms with Crippen molar-refractivity contribution in [2.75, 3.05) is 12.3 Å². The van der Waals surface area contributed by atoms with Crippen molar-refractivity contribution in [3.63, 3.8) is 0 Å². The Morgan fingerprint density at radius 3 is 1.71 bits per heavy atom. The van der Waals surface area contributed by atoms with Gasteiger partial charge in [0.25, 0.3) is 0 Å². The van der Waals surface area contributed by atoms with Gasteiger partial charge in [0.05, 0.1) is 12.1 Å². The second kappa shape index (κ2) is 23.7. The number of carbonyl (C=O) groups is 8. The van der Waals surface area contributed by atoms with Crippen LogP contribution in [0.25, 0.3) is 0 Å². The van der Waals surface area contributed by atoms with E-state index in [1.165, 1.54) is 6.92 Å². The van der Waals surface area contributed by atoms with E-state index in [1.54, 1.807) is 13.8 Å². The van der Waals surface area contributed by atoms with Crippen LogP contribution >= 0.6 is 12.6 Å². The lowest BCUT2D eigenvalue weighted by Gasteiger charge is -2.28. The lowest BCUT2D eigenvalue weighted by atomic mass is 10.0. The van der Waals surface area contributed by atoms with Crippen LogP contribution in [0.15, 0.2) is 4.99 Å². The zero-order chi connectivity index (χ0) is 39.4. The summed E-state index contributed by atoms with van der Waals surface area (Å²) < 4.78 is 0. The van der Waals surface area contributed by atoms with Gasteiger partial charge in [0, 0.05) is 25.1 Å². The Bertz CT molecular complexity index is 1260. The SMILES string of the molecule is CC(C)CC(NC(=O)C(N)CCC(=O)O)C(=O)NC(C(=O)NC(CS)C(=O)NC(CCC(N)=O)C(=O)NC(CCCN=C(N)N)C(=O)O)C(C)O. The van der Waals surface area contributed by atoms with Gasteiger partial charge in [-0.25, -0.2) is 4.79 Å². The fourth-order valence-corrected chi connectivity index (χ4v) is 4.62. The van der Waals surface area contributed by atoms with Crippen molar-refractivity contribution >= 4 is 66.0 Å². The van der Waals surface area contributed by atoms with Crippen LogP contribution in [0, 0.1) is 5.92 Å². The summed E-state index contributed by atoms with van der Waals surface area (Å²) in [5.74, 6) is -8.80. The summed E-state index contributed by atoms with van der Waals surface area (Å²) in [5, 5.41) is 40.5. The van der Waals surface area contributed by atoms with Crippen LogP contribution in [0.2, 0.25) is 0 Å². The number of nitrogens with one attached hydrogen (secondary N) is 5. The van der Waals surface area contributed by atoms with E-state index in [-0.39, 0.29) is 69.1 Å². The molecule has 7 atom stereocenters. The predicted molar refractivity (Wildman–Crippen MR) is 185 cm³/mol. The number of thiol groups is 1. The van der Waals surface area contributed by atoms with Gasteiger partial charge < -0.3 is 64.8 Å². The van der Waals surface area contributed by atoms with Crippen molar-refractivity contribution in [2.45, 2.75) is 108 Å². The Morgan fingerprint density at radius 2 is 1.22 bits per heavy atom. The third kappa shape index (κ3) is 19.3. The van der Waals surface area contributed by atoms with E-state index in [2.05, 4.69) is 44.2 Å². The lowest BCUT2D eigenvalue weighted by Crippen LogP contribution is -2.61. The molecule has 290 valence electrons. The molecule has 0 fully saturated rings. The number of amides is 6. The Kier molecular flexibility index (Phi) is 21.5. The molecule has 0 radical (unpaired) electrons. The average molecular weight is 749 g/mol. The van der Waals surface area contributed by atoms with Crippen molar-refractivity contribution in [1.82, 2.24) is 26.6 Å². The summed E-state index contributed by atoms with van der Waals surface area (Å²) in [4.78, 5) is 103. The monoisotopic (exact) mass is 748 g/mol. The fraction of sp³-hybridized carbons (Fsp3) is 0.690. The van der Waals surface area contributed by atoms with Crippen molar-refractivity contribution in [3.05, 3.63) is 0 Å². The summed E-state index contributed by atoms with van der Waals surface area (Å²) in [5.41, 5.74) is 21.5. The molecule has 21 nitrogen and oxygen atoms in total. The quantitative estimate of drug-likeness (QED) is 0.0181. The summed E-state index contributed by atoms with van der Waals surface area (Å²) in [6, 6.07) is -8.52. The molecular weight excluding hydrogens is 696 g/mol. The van der Waals surface area contributed by atoms with Gasteiger partial charge in [-0.05, 0) is 44.9 Å². The highest BCUT2D eigenvalue weighted by Crippen LogP contribution is 2.09. The zero-order valence-electron chi connectivity index (χ0n) is 28.8. The molecule has 22 heteroatoms. The van der Waals surface area contributed by atoms with E-state index >= 15 is 0 Å². The van der Waals surface area contributed by atoms with Gasteiger partial charge in [-0.15, -0.1) is 0 Å². The van der Waals surface area contributed by atoms with E-state index in [0.717, 1.165) is 0 Å². The van der Waals surface area contributed by atoms with Crippen LogP contribution in [0.3, 0.4) is 0 Å². The number of hydrogen-bond acceptors (Lipinski definition) is 12. The van der Waals surface area contributed by atoms with Crippen LogP contribution in [-0.4, -0.2) is 123 Å². The molecule has 0 aromatic rings. The highest BCUT2D eigenvalue weighted by Gasteiger charge is 2.34. The fourth-order valence-electron chi connectivity index (χ4n) is 4.37. The standard InChI is InChI=1S/C29H52N10O11S/c1-13(2)11-18(37-23(44)15(30)6-9-21(42)43)25(46)39-22(14(3)40)27(48)38-19(12-51)26(47)35-16(7-8-20(31)41)24(45)36-17(28(49)50)5-4-10-34-29(32)33/h13-19,22,40,51H,4-12,30H2,1-3H3,(H2,31,41)(H,35,47)(H,36,45)(H,37,44)(H,38,48)(H,39,46)(H,42,43)(H,49,50)(H4,32,33,34). The van der Waals surface area contributed by atoms with Gasteiger partial charge in [0.2, 0.25) is 35.4 Å². The van der Waals surface area contributed by atoms with Gasteiger partial charge in [0.1, 0.15) is 30.2 Å². The summed E-state index contributed by atoms with van der Waals surface area (Å²) in [7, 11) is 0. The molecule has 0 aromatic carbocycles. The smallest absolute Gasteiger partial charge is 0.326 e. The van der Waals surface area contributed by atoms with E-state index < -0.39 is 89.7 Å². The molecule has 6 amide bonds. The number of nitrogens with zero attached hydrogens (tertiary/aromatic N) is 1. The molecule has 0 aliphatic heterocycles. The minimum Gasteiger partial charge on any atom is -0.481 e. The Hall–Kier alpha value is -4.70. The molecule has 0 heterocycles. The van der Waals surface area contributed by atoms with Crippen LogP contribution in [0.4, 0.5) is 0 Å². The molecule has 0 saturated carbocycles. The van der Waals surface area contributed by atoms with E-state index in [9.17, 15) is 48.6 Å². The first-order chi connectivity index (χ1) is 23.7. The Labute approximate surface area is 300 Å². The van der Waals surface area contributed by atoms with E-state index in [0.29, 0.717) is 0 Å². The van der Waals surface area contributed by atoms with Gasteiger partial charge in [0.15, 0.2) is 5.96 Å². The number of hydrogen-bond donors (Lipinski definition) is 13. The number of guanidine groups is 1. The van der Waals surface area contributed by atoms with E-state index in [4.69, 9.17) is 28.0 Å². The van der Waals surface area contributed by atoms with Gasteiger partial charge in [-0.2, -0.15) is 12.6 Å². The molecule has 0 aliphatic rings. The predicted octanol–water partition coefficient (Wildman–Crippen LogP) is -4.64. The number of aliphatic hydroxyl groups is 1. The molecule has 0 saturated heterocycles. The van der Waals surface area contributed by atoms with Crippen LogP contribution in [0.1, 0.15) is 65.7 Å². The normalized spacial score (nSPS) is 15.0. The molecular formula is C29H52N10O11S. The summed E-state index contributed by atoms with van der Waals surface area (Å²) >= 11 is 4.08.